The Balaban J connectivity index is 2.00. The lowest BCUT2D eigenvalue weighted by Crippen LogP contribution is -2.35. The number of nitrogens with one attached hydrogen (secondary N) is 1. The van der Waals surface area contributed by atoms with Crippen LogP contribution in [0.2, 0.25) is 0 Å². The lowest BCUT2D eigenvalue weighted by molar-refractivity contribution is -0.139. The Bertz CT molecular complexity index is 386. The molecule has 2 N–H and O–H groups in total. The molecule has 17 heavy (non-hydrogen) atoms. The van der Waals surface area contributed by atoms with Gasteiger partial charge in [-0.15, -0.1) is 11.3 Å². The van der Waals surface area contributed by atoms with E-state index in [9.17, 15) is 4.79 Å². The average molecular weight is 254 g/mol. The zero-order valence-electron chi connectivity index (χ0n) is 9.98. The maximum absolute atomic E-state index is 10.9. The van der Waals surface area contributed by atoms with Crippen LogP contribution >= 0.6 is 11.3 Å². The number of hydrogen-bond acceptors (Lipinski definition) is 4. The molecule has 1 unspecified atom stereocenters. The molecule has 5 heteroatoms. The van der Waals surface area contributed by atoms with Crippen molar-refractivity contribution in [2.24, 2.45) is 0 Å². The van der Waals surface area contributed by atoms with Gasteiger partial charge in [0.1, 0.15) is 6.04 Å². The van der Waals surface area contributed by atoms with E-state index in [-0.39, 0.29) is 0 Å². The van der Waals surface area contributed by atoms with Gasteiger partial charge in [0, 0.05) is 17.7 Å². The number of likely N-dealkylation sites (N-methyl/N-ethyl adjacent to an activating group) is 1. The fourth-order valence-corrected chi connectivity index (χ4v) is 3.24. The van der Waals surface area contributed by atoms with Crippen LogP contribution in [0.4, 0.5) is 0 Å². The highest BCUT2D eigenvalue weighted by Gasteiger charge is 2.21. The van der Waals surface area contributed by atoms with Gasteiger partial charge in [-0.1, -0.05) is 12.8 Å². The van der Waals surface area contributed by atoms with Gasteiger partial charge in [0.05, 0.1) is 10.7 Å². The number of carbonyl (C=O) groups is 1. The molecule has 0 amide bonds. The van der Waals surface area contributed by atoms with E-state index in [1.807, 2.05) is 0 Å². The number of nitrogens with zero attached hydrogens (tertiary/aromatic N) is 1. The molecule has 0 spiro atoms. The first kappa shape index (κ1) is 12.5. The summed E-state index contributed by atoms with van der Waals surface area (Å²) in [4.78, 5) is 15.5. The summed E-state index contributed by atoms with van der Waals surface area (Å²) in [7, 11) is 1.67. The Hall–Kier alpha value is -0.940. The molecule has 4 nitrogen and oxygen atoms in total. The van der Waals surface area contributed by atoms with Crippen LogP contribution in [-0.4, -0.2) is 29.1 Å². The van der Waals surface area contributed by atoms with Crippen molar-refractivity contribution in [2.45, 2.75) is 44.1 Å². The molecule has 94 valence electrons. The molecule has 1 fully saturated rings. The van der Waals surface area contributed by atoms with Gasteiger partial charge in [-0.3, -0.25) is 4.79 Å². The Kier molecular flexibility index (Phi) is 4.12. The molecule has 0 saturated heterocycles. The second-order valence-corrected chi connectivity index (χ2v) is 5.47. The van der Waals surface area contributed by atoms with Crippen LogP contribution in [0.25, 0.3) is 0 Å². The SMILES string of the molecule is CNC(Cc1nc(C2CCCC2)cs1)C(=O)O. The van der Waals surface area contributed by atoms with Crippen LogP contribution in [-0.2, 0) is 11.2 Å². The first-order valence-electron chi connectivity index (χ1n) is 6.05. The molecule has 0 aliphatic heterocycles. The largest absolute Gasteiger partial charge is 0.480 e. The molecule has 1 aliphatic carbocycles. The zero-order chi connectivity index (χ0) is 12.3. The van der Waals surface area contributed by atoms with Gasteiger partial charge in [0.25, 0.3) is 0 Å². The van der Waals surface area contributed by atoms with Crippen LogP contribution in [0.5, 0.6) is 0 Å². The standard InChI is InChI=1S/C12H18N2O2S/c1-13-9(12(15)16)6-11-14-10(7-17-11)8-4-2-3-5-8/h7-9,13H,2-6H2,1H3,(H,15,16). The summed E-state index contributed by atoms with van der Waals surface area (Å²) in [5.74, 6) is -0.206. The maximum atomic E-state index is 10.9. The van der Waals surface area contributed by atoms with Gasteiger partial charge < -0.3 is 10.4 Å². The van der Waals surface area contributed by atoms with E-state index >= 15 is 0 Å². The smallest absolute Gasteiger partial charge is 0.321 e. The number of carboxylic acid groups (broad SMARTS) is 1. The van der Waals surface area contributed by atoms with Crippen molar-refractivity contribution in [1.29, 1.82) is 0 Å². The van der Waals surface area contributed by atoms with Crippen molar-refractivity contribution in [2.75, 3.05) is 7.05 Å². The van der Waals surface area contributed by atoms with E-state index < -0.39 is 12.0 Å². The topological polar surface area (TPSA) is 62.2 Å². The highest BCUT2D eigenvalue weighted by atomic mass is 32.1. The zero-order valence-corrected chi connectivity index (χ0v) is 10.8. The van der Waals surface area contributed by atoms with Gasteiger partial charge in [-0.2, -0.15) is 0 Å². The molecule has 0 aromatic carbocycles. The molecule has 1 atom stereocenters. The minimum atomic E-state index is -0.815. The minimum Gasteiger partial charge on any atom is -0.480 e. The van der Waals surface area contributed by atoms with Gasteiger partial charge >= 0.3 is 5.97 Å². The van der Waals surface area contributed by atoms with Gasteiger partial charge in [0.15, 0.2) is 0 Å². The molecular weight excluding hydrogens is 236 g/mol. The first-order valence-corrected chi connectivity index (χ1v) is 6.93. The molecule has 1 saturated carbocycles. The van der Waals surface area contributed by atoms with E-state index in [1.54, 1.807) is 18.4 Å². The average Bonchev–Trinajstić information content (AvgIpc) is 2.95. The van der Waals surface area contributed by atoms with Crippen LogP contribution in [0, 0.1) is 0 Å². The molecular formula is C12H18N2O2S. The third-order valence-corrected chi connectivity index (χ3v) is 4.26. The van der Waals surface area contributed by atoms with Crippen molar-refractivity contribution < 1.29 is 9.90 Å². The molecule has 1 aromatic rings. The quantitative estimate of drug-likeness (QED) is 0.844. The molecule has 0 radical (unpaired) electrons. The minimum absolute atomic E-state index is 0.475. The number of thiazole rings is 1. The van der Waals surface area contributed by atoms with Crippen molar-refractivity contribution in [3.63, 3.8) is 0 Å². The summed E-state index contributed by atoms with van der Waals surface area (Å²) in [6, 6.07) is -0.530. The third kappa shape index (κ3) is 3.04. The molecule has 1 aromatic heterocycles. The van der Waals surface area contributed by atoms with Crippen molar-refractivity contribution in [3.05, 3.63) is 16.1 Å². The summed E-state index contributed by atoms with van der Waals surface area (Å²) >= 11 is 1.58. The fourth-order valence-electron chi connectivity index (χ4n) is 2.32. The fraction of sp³-hybridized carbons (Fsp3) is 0.667. The number of aromatic nitrogens is 1. The molecule has 0 bridgehead atoms. The van der Waals surface area contributed by atoms with Crippen LogP contribution < -0.4 is 5.32 Å². The molecule has 1 aliphatic rings. The summed E-state index contributed by atoms with van der Waals surface area (Å²) in [6.45, 7) is 0. The normalized spacial score (nSPS) is 18.4. The summed E-state index contributed by atoms with van der Waals surface area (Å²) in [5.41, 5.74) is 1.17. The van der Waals surface area contributed by atoms with Crippen molar-refractivity contribution in [3.8, 4) is 0 Å². The van der Waals surface area contributed by atoms with Crippen molar-refractivity contribution in [1.82, 2.24) is 10.3 Å². The number of aliphatic carboxylic acids is 1. The molecule has 2 rings (SSSR count). The molecule has 1 heterocycles. The van der Waals surface area contributed by atoms with E-state index in [1.165, 1.54) is 31.4 Å². The van der Waals surface area contributed by atoms with Crippen LogP contribution in [0.15, 0.2) is 5.38 Å². The van der Waals surface area contributed by atoms with E-state index in [4.69, 9.17) is 5.11 Å². The Morgan fingerprint density at radius 2 is 2.35 bits per heavy atom. The second kappa shape index (κ2) is 5.60. The Labute approximate surface area is 105 Å². The van der Waals surface area contributed by atoms with Gasteiger partial charge in [0.2, 0.25) is 0 Å². The number of hydrogen-bond donors (Lipinski definition) is 2. The van der Waals surface area contributed by atoms with Gasteiger partial charge in [-0.05, 0) is 19.9 Å². The summed E-state index contributed by atoms with van der Waals surface area (Å²) in [6.07, 6.45) is 5.54. The highest BCUT2D eigenvalue weighted by Crippen LogP contribution is 2.34. The summed E-state index contributed by atoms with van der Waals surface area (Å²) < 4.78 is 0. The predicted molar refractivity (Wildman–Crippen MR) is 67.5 cm³/mol. The maximum Gasteiger partial charge on any atom is 0.321 e. The van der Waals surface area contributed by atoms with Crippen molar-refractivity contribution >= 4 is 17.3 Å². The van der Waals surface area contributed by atoms with E-state index in [0.717, 1.165) is 5.01 Å². The first-order chi connectivity index (χ1) is 8.20. The van der Waals surface area contributed by atoms with E-state index in [2.05, 4.69) is 15.7 Å². The Morgan fingerprint density at radius 1 is 1.65 bits per heavy atom. The van der Waals surface area contributed by atoms with E-state index in [0.29, 0.717) is 12.3 Å². The van der Waals surface area contributed by atoms with Crippen LogP contribution in [0.1, 0.15) is 42.3 Å². The summed E-state index contributed by atoms with van der Waals surface area (Å²) in [5, 5.41) is 14.8. The monoisotopic (exact) mass is 254 g/mol. The lowest BCUT2D eigenvalue weighted by atomic mass is 10.1. The predicted octanol–water partition coefficient (Wildman–Crippen LogP) is 2.02. The Morgan fingerprint density at radius 3 is 2.94 bits per heavy atom. The lowest BCUT2D eigenvalue weighted by Gasteiger charge is -2.08. The third-order valence-electron chi connectivity index (χ3n) is 3.37. The second-order valence-electron chi connectivity index (χ2n) is 4.53. The van der Waals surface area contributed by atoms with Crippen LogP contribution in [0.3, 0.4) is 0 Å². The number of carboxylic acids is 1. The highest BCUT2D eigenvalue weighted by molar-refractivity contribution is 7.09. The van der Waals surface area contributed by atoms with Gasteiger partial charge in [-0.25, -0.2) is 4.98 Å². The number of rotatable bonds is 5.